The van der Waals surface area contributed by atoms with Crippen molar-refractivity contribution in [1.29, 1.82) is 0 Å². The number of fused-ring (bicyclic) bond motifs is 2. The predicted molar refractivity (Wildman–Crippen MR) is 116 cm³/mol. The van der Waals surface area contributed by atoms with Crippen molar-refractivity contribution in [2.24, 2.45) is 10.9 Å². The highest BCUT2D eigenvalue weighted by Crippen LogP contribution is 2.34. The minimum atomic E-state index is -3.83. The summed E-state index contributed by atoms with van der Waals surface area (Å²) in [5.41, 5.74) is 1.24. The molecular formula is C22H25N3O5S. The first-order chi connectivity index (χ1) is 14.9. The first-order valence-electron chi connectivity index (χ1n) is 10.2. The van der Waals surface area contributed by atoms with Crippen LogP contribution in [0.3, 0.4) is 0 Å². The van der Waals surface area contributed by atoms with Crippen molar-refractivity contribution in [1.82, 2.24) is 9.62 Å². The van der Waals surface area contributed by atoms with Crippen LogP contribution in [-0.2, 0) is 14.8 Å². The second kappa shape index (κ2) is 8.58. The molecule has 2 aromatic carbocycles. The lowest BCUT2D eigenvalue weighted by atomic mass is 9.95. The lowest BCUT2D eigenvalue weighted by molar-refractivity contribution is -0.121. The van der Waals surface area contributed by atoms with Crippen molar-refractivity contribution in [3.8, 4) is 11.5 Å². The molecule has 164 valence electrons. The van der Waals surface area contributed by atoms with E-state index in [9.17, 15) is 13.2 Å². The van der Waals surface area contributed by atoms with Crippen LogP contribution in [0.1, 0.15) is 31.9 Å². The maximum atomic E-state index is 12.8. The van der Waals surface area contributed by atoms with Crippen LogP contribution in [0.5, 0.6) is 11.5 Å². The lowest BCUT2D eigenvalue weighted by Crippen LogP contribution is -2.42. The fourth-order valence-electron chi connectivity index (χ4n) is 3.59. The Morgan fingerprint density at radius 1 is 1.13 bits per heavy atom. The zero-order valence-electron chi connectivity index (χ0n) is 17.4. The fraction of sp³-hybridized carbons (Fsp3) is 0.364. The Morgan fingerprint density at radius 2 is 1.87 bits per heavy atom. The number of nitrogens with one attached hydrogen (secondary N) is 1. The highest BCUT2D eigenvalue weighted by molar-refractivity contribution is 7.89. The number of rotatable bonds is 5. The third-order valence-electron chi connectivity index (χ3n) is 5.19. The van der Waals surface area contributed by atoms with Gasteiger partial charge in [-0.2, -0.15) is 0 Å². The summed E-state index contributed by atoms with van der Waals surface area (Å²) in [6, 6.07) is 11.8. The summed E-state index contributed by atoms with van der Waals surface area (Å²) < 4.78 is 38.1. The number of sulfonamides is 1. The van der Waals surface area contributed by atoms with Gasteiger partial charge in [-0.05, 0) is 35.7 Å². The van der Waals surface area contributed by atoms with E-state index >= 15 is 0 Å². The predicted octanol–water partition coefficient (Wildman–Crippen LogP) is 3.03. The number of amides is 1. The number of benzene rings is 2. The molecule has 2 aliphatic rings. The van der Waals surface area contributed by atoms with Crippen molar-refractivity contribution in [3.05, 3.63) is 48.0 Å². The Morgan fingerprint density at radius 3 is 2.65 bits per heavy atom. The lowest BCUT2D eigenvalue weighted by Gasteiger charge is -2.27. The number of ether oxygens (including phenoxy) is 2. The minimum absolute atomic E-state index is 0.0704. The third-order valence-corrected chi connectivity index (χ3v) is 6.93. The summed E-state index contributed by atoms with van der Waals surface area (Å²) in [5.74, 6) is 0.989. The molecule has 2 heterocycles. The molecular weight excluding hydrogens is 418 g/mol. The van der Waals surface area contributed by atoms with Gasteiger partial charge in [-0.25, -0.2) is 17.7 Å². The molecule has 2 aromatic rings. The van der Waals surface area contributed by atoms with Crippen LogP contribution in [0.25, 0.3) is 0 Å². The molecule has 0 spiro atoms. The third kappa shape index (κ3) is 4.36. The topological polar surface area (TPSA) is 97.3 Å². The summed E-state index contributed by atoms with van der Waals surface area (Å²) in [6.45, 7) is 4.80. The average Bonchev–Trinajstić information content (AvgIpc) is 2.99. The first kappa shape index (κ1) is 21.2. The Kier molecular flexibility index (Phi) is 5.86. The molecule has 0 fully saturated rings. The molecule has 9 heteroatoms. The van der Waals surface area contributed by atoms with Crippen LogP contribution in [0.2, 0.25) is 0 Å². The number of para-hydroxylation sites is 1. The minimum Gasteiger partial charge on any atom is -0.490 e. The number of nitrogens with zero attached hydrogens (tertiary/aromatic N) is 2. The second-order valence-corrected chi connectivity index (χ2v) is 9.67. The van der Waals surface area contributed by atoms with E-state index in [0.29, 0.717) is 30.4 Å². The first-order valence-corrected chi connectivity index (χ1v) is 11.6. The van der Waals surface area contributed by atoms with Crippen LogP contribution in [-0.4, -0.2) is 44.7 Å². The molecule has 0 aliphatic carbocycles. The summed E-state index contributed by atoms with van der Waals surface area (Å²) in [4.78, 5) is 17.1. The number of carbonyl (C=O) groups is 1. The van der Waals surface area contributed by atoms with Crippen molar-refractivity contribution in [2.45, 2.75) is 31.2 Å². The second-order valence-electron chi connectivity index (χ2n) is 7.81. The standard InChI is InChI=1S/C22H25N3O5S/c1-15(2)22(16-8-9-18-19(12-16)30-11-5-10-29-18)24-21(26)13-25-14-23-17-6-3-4-7-20(17)31(25,27)28/h3-4,6-9,12,14-15,22H,5,10-11,13H2,1-2H3,(H,24,26)/t22-/m0/s1. The Bertz CT molecular complexity index is 1110. The molecule has 2 aliphatic heterocycles. The van der Waals surface area contributed by atoms with Crippen LogP contribution >= 0.6 is 0 Å². The van der Waals surface area contributed by atoms with Crippen LogP contribution in [0.4, 0.5) is 5.69 Å². The van der Waals surface area contributed by atoms with Gasteiger partial charge in [-0.1, -0.05) is 32.0 Å². The van der Waals surface area contributed by atoms with E-state index in [4.69, 9.17) is 9.47 Å². The van der Waals surface area contributed by atoms with Gasteiger partial charge >= 0.3 is 0 Å². The smallest absolute Gasteiger partial charge is 0.267 e. The Hall–Kier alpha value is -3.07. The van der Waals surface area contributed by atoms with Gasteiger partial charge in [0.1, 0.15) is 17.8 Å². The molecule has 0 aromatic heterocycles. The van der Waals surface area contributed by atoms with Gasteiger partial charge in [0.05, 0.1) is 24.9 Å². The van der Waals surface area contributed by atoms with Crippen molar-refractivity contribution < 1.29 is 22.7 Å². The van der Waals surface area contributed by atoms with E-state index in [1.807, 2.05) is 32.0 Å². The van der Waals surface area contributed by atoms with Gasteiger partial charge in [0.25, 0.3) is 10.0 Å². The molecule has 1 amide bonds. The van der Waals surface area contributed by atoms with Gasteiger partial charge in [-0.3, -0.25) is 4.79 Å². The molecule has 0 radical (unpaired) electrons. The van der Waals surface area contributed by atoms with Crippen molar-refractivity contribution in [3.63, 3.8) is 0 Å². The highest BCUT2D eigenvalue weighted by atomic mass is 32.2. The van der Waals surface area contributed by atoms with E-state index in [1.165, 1.54) is 12.4 Å². The summed E-state index contributed by atoms with van der Waals surface area (Å²) in [5, 5.41) is 2.96. The van der Waals surface area contributed by atoms with Gasteiger partial charge in [0, 0.05) is 6.42 Å². The van der Waals surface area contributed by atoms with E-state index in [0.717, 1.165) is 16.3 Å². The highest BCUT2D eigenvalue weighted by Gasteiger charge is 2.31. The number of aliphatic imine (C=N–C) groups is 1. The van der Waals surface area contributed by atoms with E-state index < -0.39 is 15.9 Å². The molecule has 0 saturated carbocycles. The Balaban J connectivity index is 1.51. The van der Waals surface area contributed by atoms with Crippen LogP contribution in [0, 0.1) is 5.92 Å². The SMILES string of the molecule is CC(C)[C@H](NC(=O)CN1C=Nc2ccccc2S1(=O)=O)c1ccc2c(c1)OCCCO2. The van der Waals surface area contributed by atoms with Gasteiger partial charge in [0.2, 0.25) is 5.91 Å². The van der Waals surface area contributed by atoms with Gasteiger partial charge < -0.3 is 14.8 Å². The maximum absolute atomic E-state index is 12.8. The molecule has 4 rings (SSSR count). The average molecular weight is 444 g/mol. The molecule has 1 N–H and O–H groups in total. The largest absolute Gasteiger partial charge is 0.490 e. The molecule has 0 saturated heterocycles. The quantitative estimate of drug-likeness (QED) is 0.766. The Labute approximate surface area is 181 Å². The molecule has 0 unspecified atom stereocenters. The zero-order valence-corrected chi connectivity index (χ0v) is 18.3. The van der Waals surface area contributed by atoms with Crippen molar-refractivity contribution in [2.75, 3.05) is 19.8 Å². The van der Waals surface area contributed by atoms with E-state index in [2.05, 4.69) is 10.3 Å². The van der Waals surface area contributed by atoms with E-state index in [-0.39, 0.29) is 23.4 Å². The number of hydrogen-bond acceptors (Lipinski definition) is 6. The number of carbonyl (C=O) groups excluding carboxylic acids is 1. The normalized spacial score (nSPS) is 17.6. The van der Waals surface area contributed by atoms with Crippen molar-refractivity contribution >= 4 is 28.0 Å². The zero-order chi connectivity index (χ0) is 22.0. The summed E-state index contributed by atoms with van der Waals surface area (Å²) >= 11 is 0. The maximum Gasteiger partial charge on any atom is 0.267 e. The molecule has 8 nitrogen and oxygen atoms in total. The monoisotopic (exact) mass is 443 g/mol. The van der Waals surface area contributed by atoms with Crippen LogP contribution < -0.4 is 14.8 Å². The number of hydrogen-bond donors (Lipinski definition) is 1. The van der Waals surface area contributed by atoms with Crippen LogP contribution in [0.15, 0.2) is 52.4 Å². The summed E-state index contributed by atoms with van der Waals surface area (Å²) in [6.07, 6.45) is 2.00. The molecule has 1 atom stereocenters. The summed E-state index contributed by atoms with van der Waals surface area (Å²) in [7, 11) is -3.83. The fourth-order valence-corrected chi connectivity index (χ4v) is 4.94. The van der Waals surface area contributed by atoms with Gasteiger partial charge in [0.15, 0.2) is 11.5 Å². The van der Waals surface area contributed by atoms with Gasteiger partial charge in [-0.15, -0.1) is 0 Å². The molecule has 0 bridgehead atoms. The van der Waals surface area contributed by atoms with E-state index in [1.54, 1.807) is 18.2 Å². The molecule has 31 heavy (non-hydrogen) atoms.